The van der Waals surface area contributed by atoms with E-state index in [9.17, 15) is 14.7 Å². The lowest BCUT2D eigenvalue weighted by molar-refractivity contribution is -0.142. The maximum atomic E-state index is 12.7. The Balaban J connectivity index is 1.52. The summed E-state index contributed by atoms with van der Waals surface area (Å²) in [7, 11) is 0. The van der Waals surface area contributed by atoms with Crippen molar-refractivity contribution in [1.29, 1.82) is 0 Å². The van der Waals surface area contributed by atoms with Gasteiger partial charge in [-0.05, 0) is 42.7 Å². The molecule has 0 spiro atoms. The molecule has 0 unspecified atom stereocenters. The molecule has 4 rings (SSSR count). The maximum Gasteiger partial charge on any atom is 0.324 e. The van der Waals surface area contributed by atoms with E-state index in [-0.39, 0.29) is 12.1 Å². The van der Waals surface area contributed by atoms with Crippen molar-refractivity contribution in [2.45, 2.75) is 25.3 Å². The standard InChI is InChI=1S/C22H25N3O3/c1-22(2,20(26)27)17-7-3-15(4-8-17)16-5-9-18(10-6-16)25-14-19-13-23-11-12-24(19)21(25)28/h3-10,19,23H,11-14H2,1-2H3,(H,26,27)/t19-/m0/s1. The quantitative estimate of drug-likeness (QED) is 0.857. The van der Waals surface area contributed by atoms with Gasteiger partial charge in [0.1, 0.15) is 0 Å². The van der Waals surface area contributed by atoms with E-state index in [0.29, 0.717) is 6.54 Å². The minimum absolute atomic E-state index is 0.0829. The molecule has 2 fully saturated rings. The molecule has 0 saturated carbocycles. The first-order valence-corrected chi connectivity index (χ1v) is 9.61. The predicted molar refractivity (Wildman–Crippen MR) is 109 cm³/mol. The summed E-state index contributed by atoms with van der Waals surface area (Å²) in [5, 5.41) is 12.7. The highest BCUT2D eigenvalue weighted by Gasteiger charge is 2.39. The molecule has 28 heavy (non-hydrogen) atoms. The molecule has 2 amide bonds. The van der Waals surface area contributed by atoms with Crippen molar-refractivity contribution in [3.8, 4) is 11.1 Å². The van der Waals surface area contributed by atoms with Crippen molar-refractivity contribution in [2.75, 3.05) is 31.1 Å². The first-order valence-electron chi connectivity index (χ1n) is 9.61. The van der Waals surface area contributed by atoms with Gasteiger partial charge in [-0.25, -0.2) is 4.79 Å². The number of amides is 2. The van der Waals surface area contributed by atoms with Crippen LogP contribution in [0.5, 0.6) is 0 Å². The van der Waals surface area contributed by atoms with Gasteiger partial charge < -0.3 is 15.3 Å². The third kappa shape index (κ3) is 3.14. The van der Waals surface area contributed by atoms with Gasteiger partial charge in [0, 0.05) is 31.9 Å². The van der Waals surface area contributed by atoms with Crippen molar-refractivity contribution >= 4 is 17.7 Å². The first-order chi connectivity index (χ1) is 13.4. The molecule has 0 aliphatic carbocycles. The number of carboxylic acid groups (broad SMARTS) is 1. The highest BCUT2D eigenvalue weighted by molar-refractivity contribution is 5.95. The lowest BCUT2D eigenvalue weighted by Crippen LogP contribution is -2.49. The second-order valence-corrected chi connectivity index (χ2v) is 8.00. The van der Waals surface area contributed by atoms with E-state index in [2.05, 4.69) is 5.32 Å². The number of carboxylic acids is 1. The maximum absolute atomic E-state index is 12.7. The van der Waals surface area contributed by atoms with E-state index in [0.717, 1.165) is 42.0 Å². The zero-order chi connectivity index (χ0) is 19.9. The zero-order valence-corrected chi connectivity index (χ0v) is 16.2. The minimum atomic E-state index is -0.917. The Morgan fingerprint density at radius 1 is 1.07 bits per heavy atom. The van der Waals surface area contributed by atoms with Gasteiger partial charge in [-0.1, -0.05) is 36.4 Å². The van der Waals surface area contributed by atoms with E-state index >= 15 is 0 Å². The number of nitrogens with one attached hydrogen (secondary N) is 1. The normalized spacial score (nSPS) is 19.6. The highest BCUT2D eigenvalue weighted by Crippen LogP contribution is 2.30. The van der Waals surface area contributed by atoms with E-state index in [1.54, 1.807) is 13.8 Å². The van der Waals surface area contributed by atoms with Gasteiger partial charge in [0.2, 0.25) is 0 Å². The Kier molecular flexibility index (Phi) is 4.59. The van der Waals surface area contributed by atoms with Gasteiger partial charge >= 0.3 is 12.0 Å². The van der Waals surface area contributed by atoms with Gasteiger partial charge in [-0.15, -0.1) is 0 Å². The Morgan fingerprint density at radius 3 is 2.25 bits per heavy atom. The molecule has 2 heterocycles. The summed E-state index contributed by atoms with van der Waals surface area (Å²) < 4.78 is 0. The summed E-state index contributed by atoms with van der Waals surface area (Å²) in [6.07, 6.45) is 0. The van der Waals surface area contributed by atoms with Crippen molar-refractivity contribution < 1.29 is 14.7 Å². The Bertz CT molecular complexity index is 890. The third-order valence-corrected chi connectivity index (χ3v) is 5.87. The fraction of sp³-hybridized carbons (Fsp3) is 0.364. The van der Waals surface area contributed by atoms with Crippen LogP contribution in [0.1, 0.15) is 19.4 Å². The molecule has 0 bridgehead atoms. The van der Waals surface area contributed by atoms with Crippen LogP contribution in [0.3, 0.4) is 0 Å². The smallest absolute Gasteiger partial charge is 0.324 e. The van der Waals surface area contributed by atoms with E-state index in [1.807, 2.05) is 58.3 Å². The molecule has 2 aromatic carbocycles. The summed E-state index contributed by atoms with van der Waals surface area (Å²) in [5.74, 6) is -0.841. The lowest BCUT2D eigenvalue weighted by Gasteiger charge is -2.28. The van der Waals surface area contributed by atoms with E-state index in [1.165, 1.54) is 0 Å². The van der Waals surface area contributed by atoms with E-state index in [4.69, 9.17) is 0 Å². The van der Waals surface area contributed by atoms with Gasteiger partial charge in [-0.3, -0.25) is 9.69 Å². The number of urea groups is 1. The molecule has 2 aliphatic heterocycles. The van der Waals surface area contributed by atoms with Crippen LogP contribution in [0.25, 0.3) is 11.1 Å². The van der Waals surface area contributed by atoms with Crippen LogP contribution in [0.2, 0.25) is 0 Å². The average molecular weight is 379 g/mol. The number of rotatable bonds is 4. The van der Waals surface area contributed by atoms with E-state index < -0.39 is 11.4 Å². The fourth-order valence-corrected chi connectivity index (χ4v) is 3.87. The van der Waals surface area contributed by atoms with Crippen molar-refractivity contribution in [1.82, 2.24) is 10.2 Å². The number of hydrogen-bond acceptors (Lipinski definition) is 3. The highest BCUT2D eigenvalue weighted by atomic mass is 16.4. The summed E-state index contributed by atoms with van der Waals surface area (Å²) >= 11 is 0. The molecule has 6 heteroatoms. The number of benzene rings is 2. The summed E-state index contributed by atoms with van der Waals surface area (Å²) in [5.41, 5.74) is 2.82. The number of nitrogens with zero attached hydrogens (tertiary/aromatic N) is 2. The summed E-state index contributed by atoms with van der Waals surface area (Å²) in [6, 6.07) is 15.9. The Hall–Kier alpha value is -2.86. The molecule has 1 atom stereocenters. The van der Waals surface area contributed by atoms with Crippen LogP contribution < -0.4 is 10.2 Å². The van der Waals surface area contributed by atoms with Gasteiger partial charge in [0.05, 0.1) is 11.5 Å². The number of carbonyl (C=O) groups is 2. The van der Waals surface area contributed by atoms with Crippen molar-refractivity contribution in [3.63, 3.8) is 0 Å². The molecule has 2 saturated heterocycles. The number of hydrogen-bond donors (Lipinski definition) is 2. The van der Waals surface area contributed by atoms with Crippen LogP contribution in [0.4, 0.5) is 10.5 Å². The molecule has 2 aliphatic rings. The molecule has 0 aromatic heterocycles. The number of aliphatic carboxylic acids is 1. The molecule has 2 aromatic rings. The van der Waals surface area contributed by atoms with Gasteiger partial charge in [0.15, 0.2) is 0 Å². The molecule has 146 valence electrons. The summed E-state index contributed by atoms with van der Waals surface area (Å²) in [4.78, 5) is 27.9. The van der Waals surface area contributed by atoms with Crippen LogP contribution in [0.15, 0.2) is 48.5 Å². The number of anilines is 1. The van der Waals surface area contributed by atoms with Crippen LogP contribution in [0, 0.1) is 0 Å². The molecular formula is C22H25N3O3. The second kappa shape index (κ2) is 6.95. The topological polar surface area (TPSA) is 72.9 Å². The molecule has 2 N–H and O–H groups in total. The van der Waals surface area contributed by atoms with Crippen LogP contribution >= 0.6 is 0 Å². The molecule has 6 nitrogen and oxygen atoms in total. The minimum Gasteiger partial charge on any atom is -0.481 e. The number of fused-ring (bicyclic) bond motifs is 1. The molecule has 0 radical (unpaired) electrons. The summed E-state index contributed by atoms with van der Waals surface area (Å²) in [6.45, 7) is 6.58. The molecular weight excluding hydrogens is 354 g/mol. The van der Waals surface area contributed by atoms with Gasteiger partial charge in [-0.2, -0.15) is 0 Å². The predicted octanol–water partition coefficient (Wildman–Crippen LogP) is 2.93. The third-order valence-electron chi connectivity index (χ3n) is 5.87. The van der Waals surface area contributed by atoms with Crippen molar-refractivity contribution in [3.05, 3.63) is 54.1 Å². The fourth-order valence-electron chi connectivity index (χ4n) is 3.87. The monoisotopic (exact) mass is 379 g/mol. The largest absolute Gasteiger partial charge is 0.481 e. The van der Waals surface area contributed by atoms with Crippen LogP contribution in [-0.4, -0.2) is 54.2 Å². The zero-order valence-electron chi connectivity index (χ0n) is 16.2. The lowest BCUT2D eigenvalue weighted by atomic mass is 9.84. The average Bonchev–Trinajstić information content (AvgIpc) is 3.05. The van der Waals surface area contributed by atoms with Gasteiger partial charge in [0.25, 0.3) is 0 Å². The van der Waals surface area contributed by atoms with Crippen LogP contribution in [-0.2, 0) is 10.2 Å². The Morgan fingerprint density at radius 2 is 1.68 bits per heavy atom. The van der Waals surface area contributed by atoms with Crippen molar-refractivity contribution in [2.24, 2.45) is 0 Å². The Labute approximate surface area is 164 Å². The SMILES string of the molecule is CC(C)(C(=O)O)c1ccc(-c2ccc(N3C[C@@H]4CNCCN4C3=O)cc2)cc1. The second-order valence-electron chi connectivity index (χ2n) is 8.00. The first kappa shape index (κ1) is 18.5. The number of piperazine rings is 1. The number of carbonyl (C=O) groups excluding carboxylic acids is 1.